The lowest BCUT2D eigenvalue weighted by Gasteiger charge is -2.47. The summed E-state index contributed by atoms with van der Waals surface area (Å²) < 4.78 is 51.3. The van der Waals surface area contributed by atoms with Gasteiger partial charge in [0, 0.05) is 48.3 Å². The van der Waals surface area contributed by atoms with Crippen molar-refractivity contribution >= 4 is 22.2 Å². The van der Waals surface area contributed by atoms with Crippen LogP contribution in [-0.4, -0.2) is 34.4 Å². The van der Waals surface area contributed by atoms with Crippen LogP contribution in [0.4, 0.5) is 18.9 Å². The molecule has 2 fully saturated rings. The monoisotopic (exact) mass is 520 g/mol. The Morgan fingerprint density at radius 1 is 1.08 bits per heavy atom. The van der Waals surface area contributed by atoms with Gasteiger partial charge in [0.1, 0.15) is 17.2 Å². The normalized spacial score (nSPS) is 19.1. The highest BCUT2D eigenvalue weighted by Gasteiger charge is 2.44. The number of fused-ring (bicyclic) bond motifs is 1. The minimum atomic E-state index is -4.78. The largest absolute Gasteiger partial charge is 0.573 e. The number of halogens is 3. The van der Waals surface area contributed by atoms with Crippen LogP contribution >= 0.6 is 0 Å². The van der Waals surface area contributed by atoms with Gasteiger partial charge in [-0.3, -0.25) is 4.68 Å². The van der Waals surface area contributed by atoms with Gasteiger partial charge in [0.15, 0.2) is 0 Å². The highest BCUT2D eigenvalue weighted by atomic mass is 19.4. The molecule has 0 radical (unpaired) electrons. The Balaban J connectivity index is 1.15. The van der Waals surface area contributed by atoms with Crippen molar-refractivity contribution in [2.24, 2.45) is 12.5 Å². The van der Waals surface area contributed by atoms with Crippen LogP contribution in [0.2, 0.25) is 0 Å². The lowest BCUT2D eigenvalue weighted by Crippen LogP contribution is -2.42. The predicted molar refractivity (Wildman–Crippen MR) is 138 cm³/mol. The number of alkyl halides is 3. The third-order valence-corrected chi connectivity index (χ3v) is 8.23. The Kier molecular flexibility index (Phi) is 5.15. The van der Waals surface area contributed by atoms with Gasteiger partial charge in [0.25, 0.3) is 0 Å². The van der Waals surface area contributed by atoms with Gasteiger partial charge in [0.05, 0.1) is 11.7 Å². The first-order valence-corrected chi connectivity index (χ1v) is 13.0. The number of ether oxygens (including phenoxy) is 1. The van der Waals surface area contributed by atoms with E-state index in [9.17, 15) is 13.2 Å². The van der Waals surface area contributed by atoms with E-state index in [2.05, 4.69) is 44.2 Å². The van der Waals surface area contributed by atoms with Gasteiger partial charge in [0.2, 0.25) is 0 Å². The first-order chi connectivity index (χ1) is 18.3. The molecule has 2 aromatic carbocycles. The molecule has 1 aliphatic heterocycles. The summed E-state index contributed by atoms with van der Waals surface area (Å²) in [5, 5.41) is 9.76. The zero-order valence-corrected chi connectivity index (χ0v) is 21.0. The Hall–Kier alpha value is -3.75. The molecular weight excluding hydrogens is 493 g/mol. The number of aromatic nitrogens is 3. The van der Waals surface area contributed by atoms with Gasteiger partial charge in [-0.15, -0.1) is 13.2 Å². The fraction of sp³-hybridized carbons (Fsp3) is 0.379. The molecule has 0 atom stereocenters. The van der Waals surface area contributed by atoms with E-state index in [4.69, 9.17) is 4.52 Å². The number of piperidine rings is 1. The number of nitrogens with zero attached hydrogens (tertiary/aromatic N) is 4. The Morgan fingerprint density at radius 2 is 1.84 bits per heavy atom. The topological polar surface area (TPSA) is 56.3 Å². The highest BCUT2D eigenvalue weighted by Crippen LogP contribution is 2.56. The number of aryl methyl sites for hydroxylation is 1. The second-order valence-corrected chi connectivity index (χ2v) is 10.8. The summed E-state index contributed by atoms with van der Waals surface area (Å²) in [4.78, 5) is 2.43. The van der Waals surface area contributed by atoms with E-state index < -0.39 is 6.36 Å². The van der Waals surface area contributed by atoms with E-state index in [0.717, 1.165) is 73.0 Å². The summed E-state index contributed by atoms with van der Waals surface area (Å²) in [5.74, 6) is 0.819. The second-order valence-electron chi connectivity index (χ2n) is 10.8. The highest BCUT2D eigenvalue weighted by molar-refractivity contribution is 5.86. The zero-order valence-electron chi connectivity index (χ0n) is 21.0. The minimum absolute atomic E-state index is 0.0988. The number of hydrogen-bond acceptors (Lipinski definition) is 5. The van der Waals surface area contributed by atoms with Crippen molar-refractivity contribution in [3.63, 3.8) is 0 Å². The molecular formula is C29H27F3N4O2. The number of anilines is 1. The molecule has 0 amide bonds. The third kappa shape index (κ3) is 4.04. The molecule has 196 valence electrons. The fourth-order valence-corrected chi connectivity index (χ4v) is 6.06. The average molecular weight is 521 g/mol. The van der Waals surface area contributed by atoms with Crippen molar-refractivity contribution < 1.29 is 22.4 Å². The summed E-state index contributed by atoms with van der Waals surface area (Å²) in [7, 11) is 1.95. The molecule has 3 heterocycles. The first-order valence-electron chi connectivity index (χ1n) is 13.0. The number of hydrogen-bond donors (Lipinski definition) is 0. The summed E-state index contributed by atoms with van der Waals surface area (Å²) in [5.41, 5.74) is 5.15. The van der Waals surface area contributed by atoms with Crippen LogP contribution in [0.1, 0.15) is 49.3 Å². The van der Waals surface area contributed by atoms with Crippen LogP contribution in [0.3, 0.4) is 0 Å². The van der Waals surface area contributed by atoms with Gasteiger partial charge in [-0.05, 0) is 73.4 Å². The maximum absolute atomic E-state index is 13.1. The molecule has 1 saturated heterocycles. The smallest absolute Gasteiger partial charge is 0.405 e. The van der Waals surface area contributed by atoms with Gasteiger partial charge in [-0.1, -0.05) is 23.4 Å². The summed E-state index contributed by atoms with van der Waals surface area (Å²) in [6, 6.07) is 12.7. The molecule has 2 aromatic heterocycles. The number of allylic oxidation sites excluding steroid dienone is 2. The van der Waals surface area contributed by atoms with Crippen LogP contribution < -0.4 is 9.64 Å². The fourth-order valence-electron chi connectivity index (χ4n) is 6.06. The standard InChI is InChI=1S/C29H27F3N4O2/c1-35-23-9-8-21(14-19(23)17-33-35)36-12-10-28(11-13-36)15-20(16-28)25-26(34-38-27(25)18-6-7-18)22-4-2-3-5-24(22)37-29(30,31)32/h2-5,8-9,14-15,17-18H,6-7,10-13,16H2,1H3. The van der Waals surface area contributed by atoms with E-state index in [-0.39, 0.29) is 17.1 Å². The molecule has 4 aromatic rings. The maximum Gasteiger partial charge on any atom is 0.573 e. The number of benzene rings is 2. The van der Waals surface area contributed by atoms with E-state index >= 15 is 0 Å². The van der Waals surface area contributed by atoms with Gasteiger partial charge in [-0.2, -0.15) is 5.10 Å². The van der Waals surface area contributed by atoms with E-state index in [1.807, 2.05) is 17.9 Å². The zero-order chi connectivity index (χ0) is 26.1. The van der Waals surface area contributed by atoms with Crippen molar-refractivity contribution in [3.05, 3.63) is 66.1 Å². The molecule has 38 heavy (non-hydrogen) atoms. The third-order valence-electron chi connectivity index (χ3n) is 8.23. The van der Waals surface area contributed by atoms with Gasteiger partial charge in [-0.25, -0.2) is 0 Å². The average Bonchev–Trinajstić information content (AvgIpc) is 3.53. The van der Waals surface area contributed by atoms with Crippen molar-refractivity contribution in [1.82, 2.24) is 14.9 Å². The molecule has 9 heteroatoms. The van der Waals surface area contributed by atoms with Crippen LogP contribution in [0.25, 0.3) is 27.7 Å². The molecule has 0 N–H and O–H groups in total. The molecule has 1 saturated carbocycles. The quantitative estimate of drug-likeness (QED) is 0.282. The summed E-state index contributed by atoms with van der Waals surface area (Å²) in [6.45, 7) is 1.90. The SMILES string of the molecule is Cn1ncc2cc(N3CCC4(C=C(c5c(-c6ccccc6OC(F)(F)F)noc5C5CC5)C4)CC3)ccc21. The van der Waals surface area contributed by atoms with Crippen LogP contribution in [-0.2, 0) is 7.05 Å². The Labute approximate surface area is 217 Å². The minimum Gasteiger partial charge on any atom is -0.405 e. The van der Waals surface area contributed by atoms with E-state index in [0.29, 0.717) is 11.3 Å². The summed E-state index contributed by atoms with van der Waals surface area (Å²) in [6.07, 6.45) is 4.38. The number of para-hydroxylation sites is 1. The van der Waals surface area contributed by atoms with Crippen molar-refractivity contribution in [1.29, 1.82) is 0 Å². The molecule has 0 bridgehead atoms. The van der Waals surface area contributed by atoms with E-state index in [1.165, 1.54) is 17.8 Å². The lowest BCUT2D eigenvalue weighted by atomic mass is 9.63. The first kappa shape index (κ1) is 23.4. The molecule has 2 aliphatic carbocycles. The Morgan fingerprint density at radius 3 is 2.58 bits per heavy atom. The van der Waals surface area contributed by atoms with Crippen molar-refractivity contribution in [3.8, 4) is 17.0 Å². The maximum atomic E-state index is 13.1. The Bertz CT molecular complexity index is 1560. The van der Waals surface area contributed by atoms with Crippen LogP contribution in [0, 0.1) is 5.41 Å². The second kappa shape index (κ2) is 8.38. The van der Waals surface area contributed by atoms with Crippen molar-refractivity contribution in [2.75, 3.05) is 18.0 Å². The molecule has 0 unspecified atom stereocenters. The van der Waals surface area contributed by atoms with Crippen LogP contribution in [0.5, 0.6) is 5.75 Å². The summed E-state index contributed by atoms with van der Waals surface area (Å²) >= 11 is 0. The molecule has 7 rings (SSSR count). The van der Waals surface area contributed by atoms with Gasteiger partial charge >= 0.3 is 6.36 Å². The lowest BCUT2D eigenvalue weighted by molar-refractivity contribution is -0.274. The molecule has 3 aliphatic rings. The van der Waals surface area contributed by atoms with E-state index in [1.54, 1.807) is 12.1 Å². The molecule has 6 nitrogen and oxygen atoms in total. The number of rotatable bonds is 5. The van der Waals surface area contributed by atoms with Crippen LogP contribution in [0.15, 0.2) is 59.3 Å². The van der Waals surface area contributed by atoms with Crippen molar-refractivity contribution in [2.45, 2.75) is 44.4 Å². The predicted octanol–water partition coefficient (Wildman–Crippen LogP) is 7.08. The molecule has 1 spiro atoms. The van der Waals surface area contributed by atoms with Gasteiger partial charge < -0.3 is 14.2 Å².